The van der Waals surface area contributed by atoms with Crippen molar-refractivity contribution in [3.05, 3.63) is 96.7 Å². The van der Waals surface area contributed by atoms with Crippen molar-refractivity contribution in [3.8, 4) is 33.5 Å². The molecule has 0 radical (unpaired) electrons. The fourth-order valence-electron chi connectivity index (χ4n) is 12.5. The highest BCUT2D eigenvalue weighted by molar-refractivity contribution is 5.90. The minimum Gasteiger partial charge on any atom is -0.453 e. The Bertz CT molecular complexity index is 3330. The van der Waals surface area contributed by atoms with Crippen molar-refractivity contribution in [2.75, 3.05) is 40.6 Å². The molecule has 3 aromatic heterocycles. The average Bonchev–Trinajstić information content (AvgIpc) is 4.11. The van der Waals surface area contributed by atoms with Crippen molar-refractivity contribution in [3.63, 3.8) is 0 Å². The van der Waals surface area contributed by atoms with Gasteiger partial charge in [-0.1, -0.05) is 42.5 Å². The second kappa shape index (κ2) is 18.8. The number of piperidine rings is 2. The fourth-order valence-corrected chi connectivity index (χ4v) is 12.5. The minimum absolute atomic E-state index is 0.0284. The Kier molecular flexibility index (Phi) is 11.8. The largest absolute Gasteiger partial charge is 0.453 e. The molecular formula is C56H58N10O8. The number of methoxy groups -OCH3 is 2. The van der Waals surface area contributed by atoms with Crippen LogP contribution in [0.3, 0.4) is 0 Å². The molecule has 7 aromatic rings. The third-order valence-corrected chi connectivity index (χ3v) is 16.7. The number of imidazole rings is 2. The van der Waals surface area contributed by atoms with E-state index in [2.05, 4.69) is 69.1 Å². The van der Waals surface area contributed by atoms with Crippen LogP contribution in [0.2, 0.25) is 0 Å². The smallest absolute Gasteiger partial charge is 0.407 e. The van der Waals surface area contributed by atoms with Gasteiger partial charge >= 0.3 is 12.2 Å². The molecule has 6 fully saturated rings. The molecule has 2 unspecified atom stereocenters. The third-order valence-electron chi connectivity index (χ3n) is 16.7. The van der Waals surface area contributed by atoms with Crippen molar-refractivity contribution < 1.29 is 38.1 Å². The van der Waals surface area contributed by atoms with E-state index >= 15 is 0 Å². The van der Waals surface area contributed by atoms with Crippen molar-refractivity contribution in [1.29, 1.82) is 0 Å². The summed E-state index contributed by atoms with van der Waals surface area (Å²) in [5, 5.41) is 5.73. The Morgan fingerprint density at radius 3 is 1.50 bits per heavy atom. The van der Waals surface area contributed by atoms with Crippen LogP contribution in [0, 0.1) is 23.7 Å². The lowest BCUT2D eigenvalue weighted by molar-refractivity contribution is -0.138. The van der Waals surface area contributed by atoms with E-state index in [1.165, 1.54) is 14.2 Å². The van der Waals surface area contributed by atoms with Crippen LogP contribution in [0.15, 0.2) is 85.1 Å². The monoisotopic (exact) mass is 998 g/mol. The van der Waals surface area contributed by atoms with Gasteiger partial charge in [-0.15, -0.1) is 0 Å². The van der Waals surface area contributed by atoms with Crippen LogP contribution in [0.25, 0.3) is 66.6 Å². The first kappa shape index (κ1) is 46.4. The number of carbonyl (C=O) groups is 4. The summed E-state index contributed by atoms with van der Waals surface area (Å²) < 4.78 is 21.0. The van der Waals surface area contributed by atoms with Gasteiger partial charge in [-0.3, -0.25) is 14.6 Å². The predicted molar refractivity (Wildman–Crippen MR) is 273 cm³/mol. The second-order valence-corrected chi connectivity index (χ2v) is 21.0. The molecule has 2 saturated carbocycles. The molecule has 2 aliphatic carbocycles. The number of fused-ring (bicyclic) bond motifs is 5. The van der Waals surface area contributed by atoms with E-state index in [9.17, 15) is 19.2 Å². The molecule has 0 bridgehead atoms. The zero-order valence-corrected chi connectivity index (χ0v) is 41.3. The number of aromatic nitrogens is 6. The van der Waals surface area contributed by atoms with Crippen molar-refractivity contribution >= 4 is 57.1 Å². The normalized spacial score (nSPS) is 24.4. The number of nitrogens with zero attached hydrogens (tertiary/aromatic N) is 6. The zero-order chi connectivity index (χ0) is 50.2. The van der Waals surface area contributed by atoms with Crippen molar-refractivity contribution in [2.45, 2.75) is 87.6 Å². The molecule has 7 heterocycles. The van der Waals surface area contributed by atoms with E-state index in [1.807, 2.05) is 40.1 Å². The summed E-state index contributed by atoms with van der Waals surface area (Å²) >= 11 is 0. The number of hydrogen-bond acceptors (Lipinski definition) is 12. The van der Waals surface area contributed by atoms with Crippen LogP contribution in [0.5, 0.6) is 0 Å². The van der Waals surface area contributed by atoms with Crippen LogP contribution in [-0.4, -0.2) is 129 Å². The van der Waals surface area contributed by atoms with Gasteiger partial charge in [-0.2, -0.15) is 0 Å². The number of nitrogens with one attached hydrogen (secondary N) is 4. The van der Waals surface area contributed by atoms with Gasteiger partial charge in [0.1, 0.15) is 23.7 Å². The first-order chi connectivity index (χ1) is 36.2. The van der Waals surface area contributed by atoms with E-state index in [0.717, 1.165) is 104 Å². The van der Waals surface area contributed by atoms with E-state index < -0.39 is 24.3 Å². The number of ether oxygens (including phenoxy) is 4. The molecule has 18 heteroatoms. The van der Waals surface area contributed by atoms with Crippen LogP contribution in [-0.2, 0) is 28.5 Å². The molecule has 4 N–H and O–H groups in total. The molecule has 18 nitrogen and oxygen atoms in total. The summed E-state index contributed by atoms with van der Waals surface area (Å²) in [5.74, 6) is 2.12. The summed E-state index contributed by atoms with van der Waals surface area (Å²) in [6, 6.07) is 25.3. The van der Waals surface area contributed by atoms with Gasteiger partial charge in [0, 0.05) is 44.1 Å². The lowest BCUT2D eigenvalue weighted by atomic mass is 9.90. The molecule has 4 amide bonds. The number of benzene rings is 4. The number of aromatic amines is 2. The number of amides is 4. The van der Waals surface area contributed by atoms with E-state index in [0.29, 0.717) is 63.9 Å². The summed E-state index contributed by atoms with van der Waals surface area (Å²) in [6.07, 6.45) is 6.95. The van der Waals surface area contributed by atoms with Crippen LogP contribution in [0.1, 0.15) is 75.1 Å². The summed E-state index contributed by atoms with van der Waals surface area (Å²) in [4.78, 5) is 84.5. The standard InChI is InChI=1S/C56H58N10O8/c1-71-55(69)63-49(31-13-17-73-18-14-31)53(67)65-45-24-36(45)26-47(65)51-59-39-11-8-34(22-42(39)61-51)30-5-3-29(4-6-30)33-7-10-38-41(21-33)57-28-44(58-38)35-9-12-40-43(23-35)62-52(60-40)48-27-37-25-46(37)66(48)54(68)50(64-56(70)72-2)32-15-19-74-20-16-32/h3-12,21-23,28,31-32,36-37,45-50H,13-20,24-27H2,1-2H3,(H,59,61)(H,60,62)(H,63,69)(H,64,70)/t36-,37?,45-,46?,47+,48+,49+,50+/m1/s1. The first-order valence-electron chi connectivity index (χ1n) is 26.0. The number of alkyl carbamates (subject to hydrolysis) is 2. The van der Waals surface area contributed by atoms with Gasteiger partial charge in [0.15, 0.2) is 0 Å². The quantitative estimate of drug-likeness (QED) is 0.0969. The van der Waals surface area contributed by atoms with E-state index in [1.54, 1.807) is 6.20 Å². The second-order valence-electron chi connectivity index (χ2n) is 21.0. The molecule has 4 aliphatic heterocycles. The predicted octanol–water partition coefficient (Wildman–Crippen LogP) is 8.01. The molecule has 0 spiro atoms. The molecule has 8 atom stereocenters. The van der Waals surface area contributed by atoms with Crippen molar-refractivity contribution in [1.82, 2.24) is 50.3 Å². The highest BCUT2D eigenvalue weighted by Gasteiger charge is 2.58. The zero-order valence-electron chi connectivity index (χ0n) is 41.3. The Balaban J connectivity index is 0.696. The lowest BCUT2D eigenvalue weighted by Gasteiger charge is -2.35. The Hall–Kier alpha value is -7.44. The Morgan fingerprint density at radius 1 is 0.554 bits per heavy atom. The number of H-pyrrole nitrogens is 2. The molecule has 380 valence electrons. The van der Waals surface area contributed by atoms with Crippen LogP contribution in [0.4, 0.5) is 9.59 Å². The van der Waals surface area contributed by atoms with E-state index in [4.69, 9.17) is 38.9 Å². The average molecular weight is 999 g/mol. The van der Waals surface area contributed by atoms with E-state index in [-0.39, 0.29) is 47.8 Å². The Labute approximate surface area is 426 Å². The maximum absolute atomic E-state index is 14.3. The molecule has 74 heavy (non-hydrogen) atoms. The molecule has 4 aromatic carbocycles. The summed E-state index contributed by atoms with van der Waals surface area (Å²) in [5.41, 5.74) is 10.8. The minimum atomic E-state index is -0.692. The SMILES string of the molecule is COC(=O)N[C@H](C(=O)N1C2CC2C[C@H]1c1nc2ccc(-c3cnc4cc(-c5ccc(-c6ccc7nc([C@@H]8C[C@H]9C[C@H]9N8C(=O)[C@@H](NC(=O)OC)C8CCOCC8)[nH]c7c6)cc5)ccc4n3)cc2[nH]1)C1CCOCC1. The summed E-state index contributed by atoms with van der Waals surface area (Å²) in [7, 11) is 2.64. The van der Waals surface area contributed by atoms with Gasteiger partial charge in [0.2, 0.25) is 11.8 Å². The number of rotatable bonds is 11. The van der Waals surface area contributed by atoms with Gasteiger partial charge in [0.25, 0.3) is 0 Å². The Morgan fingerprint density at radius 2 is 1.00 bits per heavy atom. The molecular weight excluding hydrogens is 941 g/mol. The first-order valence-corrected chi connectivity index (χ1v) is 26.0. The van der Waals surface area contributed by atoms with Crippen molar-refractivity contribution in [2.24, 2.45) is 23.7 Å². The summed E-state index contributed by atoms with van der Waals surface area (Å²) in [6.45, 7) is 2.24. The van der Waals surface area contributed by atoms with Crippen LogP contribution >= 0.6 is 0 Å². The van der Waals surface area contributed by atoms with Gasteiger partial charge in [-0.25, -0.2) is 24.5 Å². The number of likely N-dealkylation sites (tertiary alicyclic amines) is 2. The topological polar surface area (TPSA) is 219 Å². The fraction of sp³-hybridized carbons (Fsp3) is 0.429. The highest BCUT2D eigenvalue weighted by atomic mass is 16.5. The highest BCUT2D eigenvalue weighted by Crippen LogP contribution is 2.55. The lowest BCUT2D eigenvalue weighted by Crippen LogP contribution is -2.54. The van der Waals surface area contributed by atoms with Gasteiger partial charge < -0.3 is 49.3 Å². The molecule has 4 saturated heterocycles. The van der Waals surface area contributed by atoms with Gasteiger partial charge in [-0.05, 0) is 134 Å². The maximum atomic E-state index is 14.3. The maximum Gasteiger partial charge on any atom is 0.407 e. The molecule has 6 aliphatic rings. The van der Waals surface area contributed by atoms with Gasteiger partial charge in [0.05, 0.1) is 71.3 Å². The number of hydrogen-bond donors (Lipinski definition) is 4. The van der Waals surface area contributed by atoms with Crippen LogP contribution < -0.4 is 10.6 Å². The number of carbonyl (C=O) groups excluding carboxylic acids is 4. The molecule has 13 rings (SSSR count). The third kappa shape index (κ3) is 8.56.